The van der Waals surface area contributed by atoms with Gasteiger partial charge in [-0.3, -0.25) is 15.0 Å². The number of carbonyl (C=O) groups is 2. The van der Waals surface area contributed by atoms with Gasteiger partial charge in [-0.05, 0) is 86.3 Å². The maximum absolute atomic E-state index is 14.0. The molecule has 0 saturated carbocycles. The Balaban J connectivity index is 1.97. The Labute approximate surface area is 297 Å². The van der Waals surface area contributed by atoms with Crippen LogP contribution in [0.25, 0.3) is 22.2 Å². The molecule has 0 saturated heterocycles. The van der Waals surface area contributed by atoms with Crippen molar-refractivity contribution in [2.45, 2.75) is 59.7 Å². The lowest BCUT2D eigenvalue weighted by molar-refractivity contribution is -0.384. The van der Waals surface area contributed by atoms with E-state index in [-0.39, 0.29) is 29.6 Å². The lowest BCUT2D eigenvalue weighted by atomic mass is 10.0. The van der Waals surface area contributed by atoms with Crippen molar-refractivity contribution in [1.82, 2.24) is 19.4 Å². The van der Waals surface area contributed by atoms with Crippen LogP contribution in [0.4, 0.5) is 32.6 Å². The minimum absolute atomic E-state index is 0.0121. The topological polar surface area (TPSA) is 169 Å². The standard InChI is InChI=1S/C36H44N8O7/c1-22-21-41(10)31-24(20-37)16-23(17-25(22)31)26-12-13-38-32(39-26)43(34(46)51-36(5,6)7)29-18-28(44(47)48)27(19-30(29)49-11)42(15-14-40(8)9)33(45)50-35(2,3)4/h12-13,16-19,21H,14-15H2,1-11H3. The number of benzene rings is 2. The monoisotopic (exact) mass is 700 g/mol. The molecule has 0 aliphatic rings. The molecule has 0 spiro atoms. The lowest BCUT2D eigenvalue weighted by Gasteiger charge is -2.30. The zero-order chi connectivity index (χ0) is 38.0. The number of carbonyl (C=O) groups excluding carboxylic acids is 2. The molecule has 0 N–H and O–H groups in total. The third kappa shape index (κ3) is 8.71. The van der Waals surface area contributed by atoms with Gasteiger partial charge in [0.2, 0.25) is 5.95 Å². The minimum atomic E-state index is -0.983. The van der Waals surface area contributed by atoms with Gasteiger partial charge in [0.05, 0.1) is 28.8 Å². The molecule has 51 heavy (non-hydrogen) atoms. The first-order valence-corrected chi connectivity index (χ1v) is 16.1. The molecule has 2 aromatic carbocycles. The number of nitrogens with zero attached hydrogens (tertiary/aromatic N) is 8. The van der Waals surface area contributed by atoms with Crippen LogP contribution in [0.3, 0.4) is 0 Å². The summed E-state index contributed by atoms with van der Waals surface area (Å²) >= 11 is 0. The number of fused-ring (bicyclic) bond motifs is 1. The average molecular weight is 701 g/mol. The van der Waals surface area contributed by atoms with E-state index < -0.39 is 34.0 Å². The number of rotatable bonds is 9. The number of aryl methyl sites for hydroxylation is 2. The van der Waals surface area contributed by atoms with Gasteiger partial charge in [0.25, 0.3) is 5.69 Å². The van der Waals surface area contributed by atoms with E-state index in [9.17, 15) is 25.0 Å². The van der Waals surface area contributed by atoms with Crippen LogP contribution < -0.4 is 14.5 Å². The highest BCUT2D eigenvalue weighted by atomic mass is 16.6. The zero-order valence-electron chi connectivity index (χ0n) is 30.9. The predicted molar refractivity (Wildman–Crippen MR) is 194 cm³/mol. The van der Waals surface area contributed by atoms with E-state index >= 15 is 0 Å². The first-order valence-electron chi connectivity index (χ1n) is 16.1. The van der Waals surface area contributed by atoms with Crippen LogP contribution >= 0.6 is 0 Å². The summed E-state index contributed by atoms with van der Waals surface area (Å²) in [7, 11) is 6.80. The zero-order valence-corrected chi connectivity index (χ0v) is 30.9. The number of nitriles is 1. The summed E-state index contributed by atoms with van der Waals surface area (Å²) in [5.41, 5.74) is 0.522. The van der Waals surface area contributed by atoms with Gasteiger partial charge >= 0.3 is 12.2 Å². The molecular formula is C36H44N8O7. The van der Waals surface area contributed by atoms with Gasteiger partial charge in [-0.25, -0.2) is 24.5 Å². The molecule has 270 valence electrons. The Hall–Kier alpha value is -5.75. The average Bonchev–Trinajstić information content (AvgIpc) is 3.31. The SMILES string of the molecule is COc1cc(N(CCN(C)C)C(=O)OC(C)(C)C)c([N+](=O)[O-])cc1N(C(=O)OC(C)(C)C)c1nccc(-c2cc(C#N)c3c(c2)c(C)cn3C)n1. The molecular weight excluding hydrogens is 656 g/mol. The first kappa shape index (κ1) is 38.1. The van der Waals surface area contributed by atoms with E-state index in [1.165, 1.54) is 24.3 Å². The van der Waals surface area contributed by atoms with Crippen molar-refractivity contribution in [3.8, 4) is 23.1 Å². The second kappa shape index (κ2) is 14.6. The largest absolute Gasteiger partial charge is 0.494 e. The van der Waals surface area contributed by atoms with E-state index in [1.807, 2.05) is 35.7 Å². The van der Waals surface area contributed by atoms with Crippen molar-refractivity contribution in [3.05, 3.63) is 64.0 Å². The van der Waals surface area contributed by atoms with Gasteiger partial charge in [-0.15, -0.1) is 0 Å². The summed E-state index contributed by atoms with van der Waals surface area (Å²) in [5, 5.41) is 23.5. The summed E-state index contributed by atoms with van der Waals surface area (Å²) in [6.45, 7) is 12.4. The second-order valence-electron chi connectivity index (χ2n) is 14.2. The van der Waals surface area contributed by atoms with Crippen LogP contribution in [0, 0.1) is 28.4 Å². The van der Waals surface area contributed by atoms with E-state index in [1.54, 1.807) is 67.8 Å². The third-order valence-corrected chi connectivity index (χ3v) is 7.50. The third-order valence-electron chi connectivity index (χ3n) is 7.50. The van der Waals surface area contributed by atoms with Crippen molar-refractivity contribution in [2.75, 3.05) is 44.1 Å². The van der Waals surface area contributed by atoms with Crippen LogP contribution in [0.1, 0.15) is 52.7 Å². The van der Waals surface area contributed by atoms with E-state index in [0.29, 0.717) is 23.4 Å². The molecule has 0 bridgehead atoms. The number of aromatic nitrogens is 3. The van der Waals surface area contributed by atoms with Gasteiger partial charge in [-0.1, -0.05) is 0 Å². The normalized spacial score (nSPS) is 11.7. The van der Waals surface area contributed by atoms with Crippen molar-refractivity contribution in [3.63, 3.8) is 0 Å². The fourth-order valence-corrected chi connectivity index (χ4v) is 5.36. The quantitative estimate of drug-likeness (QED) is 0.129. The highest BCUT2D eigenvalue weighted by Crippen LogP contribution is 2.43. The molecule has 0 aliphatic carbocycles. The second-order valence-corrected chi connectivity index (χ2v) is 14.2. The highest BCUT2D eigenvalue weighted by Gasteiger charge is 2.35. The van der Waals surface area contributed by atoms with Crippen LogP contribution in [0.15, 0.2) is 42.7 Å². The number of methoxy groups -OCH3 is 1. The number of anilines is 3. The summed E-state index contributed by atoms with van der Waals surface area (Å²) in [6, 6.07) is 9.90. The summed E-state index contributed by atoms with van der Waals surface area (Å²) in [5.74, 6) is -0.191. The molecule has 15 heteroatoms. The maximum atomic E-state index is 14.0. The fraction of sp³-hybridized carbons (Fsp3) is 0.417. The number of amides is 2. The summed E-state index contributed by atoms with van der Waals surface area (Å²) in [6.07, 6.45) is 1.62. The molecule has 0 unspecified atom stereocenters. The van der Waals surface area contributed by atoms with E-state index in [0.717, 1.165) is 27.4 Å². The molecule has 2 amide bonds. The maximum Gasteiger partial charge on any atom is 0.422 e. The Morgan fingerprint density at radius 1 is 1.00 bits per heavy atom. The first-order chi connectivity index (χ1) is 23.7. The molecule has 4 aromatic rings. The molecule has 15 nitrogen and oxygen atoms in total. The molecule has 0 atom stereocenters. The number of ether oxygens (including phenoxy) is 3. The van der Waals surface area contributed by atoms with Crippen molar-refractivity contribution >= 4 is 46.1 Å². The van der Waals surface area contributed by atoms with E-state index in [2.05, 4.69) is 11.1 Å². The highest BCUT2D eigenvalue weighted by molar-refractivity contribution is 6.00. The minimum Gasteiger partial charge on any atom is -0.494 e. The van der Waals surface area contributed by atoms with Crippen molar-refractivity contribution < 1.29 is 28.7 Å². The van der Waals surface area contributed by atoms with Crippen LogP contribution in [-0.4, -0.2) is 82.0 Å². The van der Waals surface area contributed by atoms with Gasteiger partial charge in [0.15, 0.2) is 0 Å². The van der Waals surface area contributed by atoms with Gasteiger partial charge in [0.1, 0.15) is 34.4 Å². The van der Waals surface area contributed by atoms with Gasteiger partial charge < -0.3 is 23.7 Å². The summed E-state index contributed by atoms with van der Waals surface area (Å²) < 4.78 is 19.0. The van der Waals surface area contributed by atoms with Crippen molar-refractivity contribution in [2.24, 2.45) is 7.05 Å². The molecule has 0 aliphatic heterocycles. The number of hydrogen-bond acceptors (Lipinski definition) is 11. The van der Waals surface area contributed by atoms with Crippen molar-refractivity contribution in [1.29, 1.82) is 5.26 Å². The van der Waals surface area contributed by atoms with Gasteiger partial charge in [0, 0.05) is 55.6 Å². The van der Waals surface area contributed by atoms with Gasteiger partial charge in [-0.2, -0.15) is 5.26 Å². The van der Waals surface area contributed by atoms with Crippen LogP contribution in [0.2, 0.25) is 0 Å². The van der Waals surface area contributed by atoms with Crippen LogP contribution in [0.5, 0.6) is 5.75 Å². The number of hydrogen-bond donors (Lipinski definition) is 0. The Morgan fingerprint density at radius 2 is 1.65 bits per heavy atom. The Morgan fingerprint density at radius 3 is 2.22 bits per heavy atom. The molecule has 2 heterocycles. The van der Waals surface area contributed by atoms with E-state index in [4.69, 9.17) is 19.2 Å². The Bertz CT molecular complexity index is 2020. The molecule has 2 aromatic heterocycles. The molecule has 0 radical (unpaired) electrons. The van der Waals surface area contributed by atoms with Crippen LogP contribution in [-0.2, 0) is 16.5 Å². The number of nitro groups is 1. The smallest absolute Gasteiger partial charge is 0.422 e. The summed E-state index contributed by atoms with van der Waals surface area (Å²) in [4.78, 5) is 52.6. The lowest BCUT2D eigenvalue weighted by Crippen LogP contribution is -2.41. The molecule has 4 rings (SSSR count). The predicted octanol–water partition coefficient (Wildman–Crippen LogP) is 7.11. The molecule has 0 fully saturated rings. The fourth-order valence-electron chi connectivity index (χ4n) is 5.36. The number of likely N-dealkylation sites (N-methyl/N-ethyl adjacent to an activating group) is 1. The Kier molecular flexibility index (Phi) is 10.9. The number of nitro benzene ring substituents is 1.